The Kier molecular flexibility index (Phi) is 3.87. The van der Waals surface area contributed by atoms with Crippen molar-refractivity contribution in [2.75, 3.05) is 17.2 Å². The number of nitrogen functional groups attached to an aromatic ring is 1. The Bertz CT molecular complexity index is 678. The smallest absolute Gasteiger partial charge is 0.252 e. The van der Waals surface area contributed by atoms with Crippen molar-refractivity contribution in [2.24, 2.45) is 0 Å². The molecule has 0 spiro atoms. The van der Waals surface area contributed by atoms with Gasteiger partial charge in [-0.15, -0.1) is 0 Å². The van der Waals surface area contributed by atoms with Crippen molar-refractivity contribution in [3.05, 3.63) is 5.69 Å². The summed E-state index contributed by atoms with van der Waals surface area (Å²) >= 11 is 0.877. The van der Waals surface area contributed by atoms with Crippen LogP contribution in [0.5, 0.6) is 0 Å². The van der Waals surface area contributed by atoms with Crippen LogP contribution in [-0.2, 0) is 19.9 Å². The van der Waals surface area contributed by atoms with E-state index in [1.165, 1.54) is 0 Å². The Labute approximate surface area is 116 Å². The molecule has 10 heteroatoms. The number of anilines is 1. The van der Waals surface area contributed by atoms with E-state index in [0.29, 0.717) is 18.5 Å². The molecule has 0 bridgehead atoms. The van der Waals surface area contributed by atoms with E-state index in [-0.39, 0.29) is 20.8 Å². The Morgan fingerprint density at radius 2 is 2.16 bits per heavy atom. The number of sulfone groups is 1. The fourth-order valence-electron chi connectivity index (χ4n) is 2.04. The van der Waals surface area contributed by atoms with Crippen LogP contribution in [0.2, 0.25) is 0 Å². The van der Waals surface area contributed by atoms with E-state index in [0.717, 1.165) is 11.3 Å². The zero-order valence-corrected chi connectivity index (χ0v) is 12.7. The van der Waals surface area contributed by atoms with Crippen molar-refractivity contribution in [1.82, 2.24) is 9.71 Å². The summed E-state index contributed by atoms with van der Waals surface area (Å²) in [7, 11) is -6.91. The summed E-state index contributed by atoms with van der Waals surface area (Å²) in [6, 6.07) is -0.577. The van der Waals surface area contributed by atoms with Crippen molar-refractivity contribution in [3.63, 3.8) is 0 Å². The predicted octanol–water partition coefficient (Wildman–Crippen LogP) is -0.111. The molecule has 0 aliphatic carbocycles. The lowest BCUT2D eigenvalue weighted by molar-refractivity contribution is 0.518. The second-order valence-electron chi connectivity index (χ2n) is 4.50. The van der Waals surface area contributed by atoms with Gasteiger partial charge in [-0.3, -0.25) is 0 Å². The summed E-state index contributed by atoms with van der Waals surface area (Å²) in [5, 5.41) is 0.175. The fraction of sp³-hybridized carbons (Fsp3) is 0.667. The van der Waals surface area contributed by atoms with Gasteiger partial charge in [-0.2, -0.15) is 0 Å². The van der Waals surface area contributed by atoms with Gasteiger partial charge in [-0.1, -0.05) is 11.3 Å². The van der Waals surface area contributed by atoms with Crippen molar-refractivity contribution in [3.8, 4) is 0 Å². The third-order valence-corrected chi connectivity index (χ3v) is 7.74. The SMILES string of the molecule is Cc1nc(N)sc1S(=O)(=O)NC1CCCS(=O)(=O)C1. The molecule has 1 aliphatic rings. The number of rotatable bonds is 3. The van der Waals surface area contributed by atoms with Gasteiger partial charge in [0, 0.05) is 6.04 Å². The van der Waals surface area contributed by atoms with Crippen LogP contribution in [0.1, 0.15) is 18.5 Å². The first-order chi connectivity index (χ1) is 8.70. The molecule has 2 heterocycles. The summed E-state index contributed by atoms with van der Waals surface area (Å²) in [4.78, 5) is 3.86. The molecular formula is C9H15N3O4S3. The molecule has 19 heavy (non-hydrogen) atoms. The zero-order chi connectivity index (χ0) is 14.3. The zero-order valence-electron chi connectivity index (χ0n) is 10.3. The maximum atomic E-state index is 12.2. The molecule has 0 amide bonds. The lowest BCUT2D eigenvalue weighted by atomic mass is 10.2. The highest BCUT2D eigenvalue weighted by Gasteiger charge is 2.30. The minimum Gasteiger partial charge on any atom is -0.375 e. The molecule has 1 aromatic rings. The monoisotopic (exact) mass is 325 g/mol. The molecule has 7 nitrogen and oxygen atoms in total. The molecule has 1 fully saturated rings. The highest BCUT2D eigenvalue weighted by Crippen LogP contribution is 2.25. The standard InChI is InChI=1S/C9H15N3O4S3/c1-6-8(17-9(10)11-6)19(15,16)12-7-3-2-4-18(13,14)5-7/h7,12H,2-5H2,1H3,(H2,10,11). The first kappa shape index (κ1) is 14.7. The molecule has 2 rings (SSSR count). The minimum absolute atomic E-state index is 0.0490. The van der Waals surface area contributed by atoms with Crippen LogP contribution in [0.15, 0.2) is 4.21 Å². The third kappa shape index (κ3) is 3.44. The molecule has 0 aromatic carbocycles. The highest BCUT2D eigenvalue weighted by atomic mass is 32.2. The number of nitrogens with one attached hydrogen (secondary N) is 1. The van der Waals surface area contributed by atoms with E-state index in [1.807, 2.05) is 0 Å². The van der Waals surface area contributed by atoms with Crippen LogP contribution in [0.3, 0.4) is 0 Å². The number of aryl methyl sites for hydroxylation is 1. The van der Waals surface area contributed by atoms with E-state index in [1.54, 1.807) is 6.92 Å². The van der Waals surface area contributed by atoms with Gasteiger partial charge in [0.25, 0.3) is 10.0 Å². The molecule has 108 valence electrons. The molecule has 3 N–H and O–H groups in total. The number of sulfonamides is 1. The third-order valence-electron chi connectivity index (χ3n) is 2.80. The average Bonchev–Trinajstić information content (AvgIpc) is 2.56. The van der Waals surface area contributed by atoms with Crippen LogP contribution in [0.4, 0.5) is 5.13 Å². The minimum atomic E-state index is -3.76. The van der Waals surface area contributed by atoms with Crippen LogP contribution in [-0.4, -0.2) is 39.4 Å². The number of nitrogens with two attached hydrogens (primary N) is 1. The van der Waals surface area contributed by atoms with Gasteiger partial charge in [0.15, 0.2) is 19.2 Å². The van der Waals surface area contributed by atoms with Gasteiger partial charge in [-0.25, -0.2) is 26.5 Å². The normalized spacial score (nSPS) is 23.3. The molecule has 1 atom stereocenters. The highest BCUT2D eigenvalue weighted by molar-refractivity contribution is 7.92. The van der Waals surface area contributed by atoms with E-state index in [2.05, 4.69) is 9.71 Å². The second-order valence-corrected chi connectivity index (χ2v) is 9.67. The molecule has 1 aliphatic heterocycles. The molecule has 1 aromatic heterocycles. The summed E-state index contributed by atoms with van der Waals surface area (Å²) < 4.78 is 49.8. The van der Waals surface area contributed by atoms with Gasteiger partial charge in [0.05, 0.1) is 17.2 Å². The Balaban J connectivity index is 2.20. The number of hydrogen-bond acceptors (Lipinski definition) is 7. The van der Waals surface area contributed by atoms with E-state index in [9.17, 15) is 16.8 Å². The first-order valence-electron chi connectivity index (χ1n) is 5.65. The molecule has 1 saturated heterocycles. The average molecular weight is 325 g/mol. The molecule has 1 unspecified atom stereocenters. The topological polar surface area (TPSA) is 119 Å². The van der Waals surface area contributed by atoms with Gasteiger partial charge in [-0.05, 0) is 19.8 Å². The quantitative estimate of drug-likeness (QED) is 0.800. The van der Waals surface area contributed by atoms with Gasteiger partial charge in [0.2, 0.25) is 0 Å². The largest absolute Gasteiger partial charge is 0.375 e. The maximum absolute atomic E-state index is 12.2. The fourth-order valence-corrected chi connectivity index (χ4v) is 6.37. The number of nitrogens with zero attached hydrogens (tertiary/aromatic N) is 1. The van der Waals surface area contributed by atoms with Gasteiger partial charge in [0.1, 0.15) is 0 Å². The Morgan fingerprint density at radius 3 is 2.68 bits per heavy atom. The van der Waals surface area contributed by atoms with Crippen molar-refractivity contribution >= 4 is 36.3 Å². The van der Waals surface area contributed by atoms with E-state index in [4.69, 9.17) is 5.73 Å². The lowest BCUT2D eigenvalue weighted by Crippen LogP contribution is -2.43. The number of thiazole rings is 1. The predicted molar refractivity (Wildman–Crippen MR) is 73.3 cm³/mol. The molecular weight excluding hydrogens is 310 g/mol. The van der Waals surface area contributed by atoms with Gasteiger partial charge >= 0.3 is 0 Å². The van der Waals surface area contributed by atoms with Crippen molar-refractivity contribution in [2.45, 2.75) is 30.0 Å². The Hall–Kier alpha value is -0.710. The summed E-state index contributed by atoms with van der Waals surface area (Å²) in [6.07, 6.45) is 0.991. The molecule has 0 saturated carbocycles. The number of hydrogen-bond donors (Lipinski definition) is 2. The van der Waals surface area contributed by atoms with E-state index >= 15 is 0 Å². The van der Waals surface area contributed by atoms with Crippen LogP contribution >= 0.6 is 11.3 Å². The first-order valence-corrected chi connectivity index (χ1v) is 9.77. The summed E-state index contributed by atoms with van der Waals surface area (Å²) in [5.74, 6) is -0.0304. The van der Waals surface area contributed by atoms with E-state index < -0.39 is 25.9 Å². The second kappa shape index (κ2) is 5.00. The lowest BCUT2D eigenvalue weighted by Gasteiger charge is -2.22. The molecule has 0 radical (unpaired) electrons. The van der Waals surface area contributed by atoms with Gasteiger partial charge < -0.3 is 5.73 Å². The van der Waals surface area contributed by atoms with Crippen molar-refractivity contribution < 1.29 is 16.8 Å². The van der Waals surface area contributed by atoms with Crippen LogP contribution in [0.25, 0.3) is 0 Å². The summed E-state index contributed by atoms with van der Waals surface area (Å²) in [5.41, 5.74) is 5.80. The number of aromatic nitrogens is 1. The summed E-state index contributed by atoms with van der Waals surface area (Å²) in [6.45, 7) is 1.55. The van der Waals surface area contributed by atoms with Crippen LogP contribution in [0, 0.1) is 6.92 Å². The maximum Gasteiger partial charge on any atom is 0.252 e. The Morgan fingerprint density at radius 1 is 1.47 bits per heavy atom. The van der Waals surface area contributed by atoms with Crippen molar-refractivity contribution in [1.29, 1.82) is 0 Å². The van der Waals surface area contributed by atoms with Crippen LogP contribution < -0.4 is 10.5 Å².